The summed E-state index contributed by atoms with van der Waals surface area (Å²) in [5.74, 6) is 0.174. The fourth-order valence-electron chi connectivity index (χ4n) is 1.45. The minimum atomic E-state index is -2.90. The van der Waals surface area contributed by atoms with E-state index in [1.54, 1.807) is 0 Å². The predicted molar refractivity (Wildman–Crippen MR) is 61.5 cm³/mol. The van der Waals surface area contributed by atoms with Gasteiger partial charge in [0.05, 0.1) is 5.75 Å². The molecule has 0 aromatic carbocycles. The topological polar surface area (TPSA) is 65.1 Å². The molecule has 4 nitrogen and oxygen atoms in total. The van der Waals surface area contributed by atoms with Crippen molar-refractivity contribution in [2.45, 2.75) is 25.9 Å². The van der Waals surface area contributed by atoms with Crippen LogP contribution in [0.15, 0.2) is 18.3 Å². The molecule has 0 amide bonds. The Morgan fingerprint density at radius 2 is 2.20 bits per heavy atom. The highest BCUT2D eigenvalue weighted by atomic mass is 32.2. The van der Waals surface area contributed by atoms with Gasteiger partial charge >= 0.3 is 0 Å². The lowest BCUT2D eigenvalue weighted by Crippen LogP contribution is -2.21. The van der Waals surface area contributed by atoms with Crippen LogP contribution in [0.5, 0.6) is 0 Å². The highest BCUT2D eigenvalue weighted by Crippen LogP contribution is 2.05. The van der Waals surface area contributed by atoms with Gasteiger partial charge in [0.2, 0.25) is 0 Å². The number of nitrogens with two attached hydrogens (primary N) is 1. The van der Waals surface area contributed by atoms with Crippen molar-refractivity contribution in [2.75, 3.05) is 12.0 Å². The standard InChI is InChI=1S/C10H18N2O2S/c1-9(11)8-10-4-3-5-12(10)6-7-15(2,13)14/h3-5,9H,6-8,11H2,1-2H3. The van der Waals surface area contributed by atoms with Gasteiger partial charge in [-0.15, -0.1) is 0 Å². The molecule has 0 saturated heterocycles. The molecule has 0 aliphatic carbocycles. The molecule has 2 N–H and O–H groups in total. The minimum absolute atomic E-state index is 0.0943. The molecule has 0 spiro atoms. The lowest BCUT2D eigenvalue weighted by Gasteiger charge is -2.10. The molecule has 1 atom stereocenters. The minimum Gasteiger partial charge on any atom is -0.350 e. The summed E-state index contributed by atoms with van der Waals surface area (Å²) in [6.45, 7) is 2.45. The van der Waals surface area contributed by atoms with Crippen molar-refractivity contribution < 1.29 is 8.42 Å². The second-order valence-corrected chi connectivity index (χ2v) is 6.26. The number of hydrogen-bond acceptors (Lipinski definition) is 3. The Hall–Kier alpha value is -0.810. The lowest BCUT2D eigenvalue weighted by molar-refractivity contribution is 0.590. The SMILES string of the molecule is CC(N)Cc1cccn1CCS(C)(=O)=O. The summed E-state index contributed by atoms with van der Waals surface area (Å²) in [6.07, 6.45) is 3.92. The van der Waals surface area contributed by atoms with Crippen LogP contribution < -0.4 is 5.73 Å². The summed E-state index contributed by atoms with van der Waals surface area (Å²) in [5, 5.41) is 0. The molecule has 0 radical (unpaired) electrons. The van der Waals surface area contributed by atoms with Gasteiger partial charge in [-0.3, -0.25) is 0 Å². The lowest BCUT2D eigenvalue weighted by atomic mass is 10.2. The smallest absolute Gasteiger partial charge is 0.149 e. The largest absolute Gasteiger partial charge is 0.350 e. The fourth-order valence-corrected chi connectivity index (χ4v) is 1.98. The molecule has 1 unspecified atom stereocenters. The molecule has 1 heterocycles. The van der Waals surface area contributed by atoms with Crippen molar-refractivity contribution in [3.63, 3.8) is 0 Å². The molecular formula is C10H18N2O2S. The zero-order chi connectivity index (χ0) is 11.5. The van der Waals surface area contributed by atoms with E-state index in [1.165, 1.54) is 6.26 Å². The zero-order valence-corrected chi connectivity index (χ0v) is 10.00. The van der Waals surface area contributed by atoms with Crippen LogP contribution in [-0.2, 0) is 22.8 Å². The van der Waals surface area contributed by atoms with Crippen LogP contribution in [0.25, 0.3) is 0 Å². The Morgan fingerprint density at radius 1 is 1.53 bits per heavy atom. The average molecular weight is 230 g/mol. The Labute approximate surface area is 91.0 Å². The van der Waals surface area contributed by atoms with E-state index in [2.05, 4.69) is 0 Å². The summed E-state index contributed by atoms with van der Waals surface area (Å²) in [4.78, 5) is 0. The van der Waals surface area contributed by atoms with E-state index < -0.39 is 9.84 Å². The monoisotopic (exact) mass is 230 g/mol. The zero-order valence-electron chi connectivity index (χ0n) is 9.18. The third kappa shape index (κ3) is 4.48. The maximum atomic E-state index is 11.0. The Morgan fingerprint density at radius 3 is 2.73 bits per heavy atom. The maximum Gasteiger partial charge on any atom is 0.149 e. The van der Waals surface area contributed by atoms with E-state index in [0.717, 1.165) is 12.1 Å². The number of aryl methyl sites for hydroxylation is 1. The molecule has 0 aliphatic rings. The Bertz CT molecular complexity index is 407. The van der Waals surface area contributed by atoms with E-state index in [9.17, 15) is 8.42 Å². The van der Waals surface area contributed by atoms with E-state index in [4.69, 9.17) is 5.73 Å². The van der Waals surface area contributed by atoms with Gasteiger partial charge in [-0.05, 0) is 19.1 Å². The summed E-state index contributed by atoms with van der Waals surface area (Å²) in [6, 6.07) is 3.99. The molecule has 86 valence electrons. The number of aromatic nitrogens is 1. The molecule has 0 fully saturated rings. The first-order valence-corrected chi connectivity index (χ1v) is 7.02. The van der Waals surface area contributed by atoms with Crippen LogP contribution in [0.4, 0.5) is 0 Å². The third-order valence-corrected chi connectivity index (χ3v) is 3.08. The molecule has 1 aromatic heterocycles. The molecular weight excluding hydrogens is 212 g/mol. The third-order valence-electron chi connectivity index (χ3n) is 2.16. The highest BCUT2D eigenvalue weighted by Gasteiger charge is 2.06. The maximum absolute atomic E-state index is 11.0. The Balaban J connectivity index is 2.65. The second-order valence-electron chi connectivity index (χ2n) is 4.00. The quantitative estimate of drug-likeness (QED) is 0.797. The second kappa shape index (κ2) is 4.81. The first-order valence-electron chi connectivity index (χ1n) is 4.96. The van der Waals surface area contributed by atoms with Gasteiger partial charge in [-0.2, -0.15) is 0 Å². The van der Waals surface area contributed by atoms with Gasteiger partial charge < -0.3 is 10.3 Å². The van der Waals surface area contributed by atoms with Crippen LogP contribution in [-0.4, -0.2) is 31.0 Å². The van der Waals surface area contributed by atoms with Crippen molar-refractivity contribution in [2.24, 2.45) is 5.73 Å². The van der Waals surface area contributed by atoms with Crippen LogP contribution in [0.2, 0.25) is 0 Å². The van der Waals surface area contributed by atoms with E-state index in [1.807, 2.05) is 29.8 Å². The summed E-state index contributed by atoms with van der Waals surface area (Å²) in [7, 11) is -2.90. The van der Waals surface area contributed by atoms with Crippen LogP contribution in [0, 0.1) is 0 Å². The number of rotatable bonds is 5. The summed E-state index contributed by atoms with van der Waals surface area (Å²) < 4.78 is 24.0. The van der Waals surface area contributed by atoms with Crippen molar-refractivity contribution in [3.8, 4) is 0 Å². The first-order chi connectivity index (χ1) is 6.88. The van der Waals surface area contributed by atoms with Gasteiger partial charge in [0.15, 0.2) is 0 Å². The van der Waals surface area contributed by atoms with Crippen molar-refractivity contribution in [1.29, 1.82) is 0 Å². The Kier molecular flexibility index (Phi) is 3.93. The number of nitrogens with zero attached hydrogens (tertiary/aromatic N) is 1. The number of sulfone groups is 1. The van der Waals surface area contributed by atoms with Gasteiger partial charge in [0, 0.05) is 37.2 Å². The molecule has 5 heteroatoms. The van der Waals surface area contributed by atoms with Gasteiger partial charge in [-0.25, -0.2) is 8.42 Å². The van der Waals surface area contributed by atoms with Crippen molar-refractivity contribution >= 4 is 9.84 Å². The molecule has 0 bridgehead atoms. The van der Waals surface area contributed by atoms with Gasteiger partial charge in [0.1, 0.15) is 9.84 Å². The highest BCUT2D eigenvalue weighted by molar-refractivity contribution is 7.90. The molecule has 1 rings (SSSR count). The van der Waals surface area contributed by atoms with E-state index in [-0.39, 0.29) is 11.8 Å². The first kappa shape index (κ1) is 12.3. The molecule has 15 heavy (non-hydrogen) atoms. The van der Waals surface area contributed by atoms with Crippen molar-refractivity contribution in [1.82, 2.24) is 4.57 Å². The summed E-state index contributed by atoms with van der Waals surface area (Å²) in [5.41, 5.74) is 6.79. The molecule has 0 aliphatic heterocycles. The van der Waals surface area contributed by atoms with Crippen molar-refractivity contribution in [3.05, 3.63) is 24.0 Å². The normalized spacial score (nSPS) is 14.1. The number of hydrogen-bond donors (Lipinski definition) is 1. The van der Waals surface area contributed by atoms with E-state index in [0.29, 0.717) is 6.54 Å². The van der Waals surface area contributed by atoms with Crippen LogP contribution >= 0.6 is 0 Å². The van der Waals surface area contributed by atoms with Crippen LogP contribution in [0.1, 0.15) is 12.6 Å². The van der Waals surface area contributed by atoms with Gasteiger partial charge in [0.25, 0.3) is 0 Å². The fraction of sp³-hybridized carbons (Fsp3) is 0.600. The predicted octanol–water partition coefficient (Wildman–Crippen LogP) is 0.422. The van der Waals surface area contributed by atoms with E-state index >= 15 is 0 Å². The molecule has 1 aromatic rings. The molecule has 0 saturated carbocycles. The average Bonchev–Trinajstić information content (AvgIpc) is 2.46. The van der Waals surface area contributed by atoms with Gasteiger partial charge in [-0.1, -0.05) is 0 Å². The summed E-state index contributed by atoms with van der Waals surface area (Å²) >= 11 is 0. The van der Waals surface area contributed by atoms with Crippen LogP contribution in [0.3, 0.4) is 0 Å².